The van der Waals surface area contributed by atoms with E-state index in [1.165, 1.54) is 22.8 Å². The fourth-order valence-corrected chi connectivity index (χ4v) is 4.77. The van der Waals surface area contributed by atoms with Crippen LogP contribution in [0.4, 0.5) is 17.2 Å². The molecular weight excluding hydrogens is 471 g/mol. The van der Waals surface area contributed by atoms with Crippen molar-refractivity contribution in [1.29, 1.82) is 0 Å². The third-order valence-electron chi connectivity index (χ3n) is 6.15. The van der Waals surface area contributed by atoms with Crippen LogP contribution < -0.4 is 15.8 Å². The highest BCUT2D eigenvalue weighted by Crippen LogP contribution is 2.28. The van der Waals surface area contributed by atoms with Crippen LogP contribution >= 0.6 is 23.2 Å². The zero-order valence-corrected chi connectivity index (χ0v) is 20.2. The molecule has 3 heterocycles. The minimum atomic E-state index is -0.286. The summed E-state index contributed by atoms with van der Waals surface area (Å²) >= 11 is 12.5. The number of para-hydroxylation sites is 1. The van der Waals surface area contributed by atoms with E-state index in [4.69, 9.17) is 23.2 Å². The first-order valence-electron chi connectivity index (χ1n) is 11.2. The predicted octanol–water partition coefficient (Wildman–Crippen LogP) is 4.97. The van der Waals surface area contributed by atoms with Gasteiger partial charge in [0.15, 0.2) is 0 Å². The highest BCUT2D eigenvalue weighted by Gasteiger charge is 2.16. The lowest BCUT2D eigenvalue weighted by Crippen LogP contribution is -2.46. The number of aromatic nitrogens is 3. The summed E-state index contributed by atoms with van der Waals surface area (Å²) in [6.07, 6.45) is 2.96. The molecule has 4 aromatic rings. The maximum Gasteiger partial charge on any atom is 0.267 e. The van der Waals surface area contributed by atoms with Crippen molar-refractivity contribution in [3.63, 3.8) is 0 Å². The second-order valence-corrected chi connectivity index (χ2v) is 8.98. The number of nitrogens with zero attached hydrogens (tertiary/aromatic N) is 5. The summed E-state index contributed by atoms with van der Waals surface area (Å²) in [6.45, 7) is 7.57. The Bertz CT molecular complexity index is 1360. The Morgan fingerprint density at radius 3 is 2.35 bits per heavy atom. The molecule has 174 valence electrons. The van der Waals surface area contributed by atoms with E-state index in [0.717, 1.165) is 38.4 Å². The molecule has 1 saturated heterocycles. The van der Waals surface area contributed by atoms with Crippen LogP contribution in [-0.4, -0.2) is 52.2 Å². The molecule has 2 aromatic heterocycles. The second kappa shape index (κ2) is 9.62. The summed E-state index contributed by atoms with van der Waals surface area (Å²) in [4.78, 5) is 26.8. The largest absolute Gasteiger partial charge is 0.369 e. The Morgan fingerprint density at radius 2 is 1.68 bits per heavy atom. The minimum absolute atomic E-state index is 0.286. The lowest BCUT2D eigenvalue weighted by molar-refractivity contribution is 0.271. The maximum absolute atomic E-state index is 13.1. The van der Waals surface area contributed by atoms with Crippen molar-refractivity contribution < 1.29 is 0 Å². The molecule has 1 aliphatic heterocycles. The molecule has 0 amide bonds. The number of rotatable bonds is 5. The molecule has 1 N–H and O–H groups in total. The number of hydrogen-bond acceptors (Lipinski definition) is 6. The monoisotopic (exact) mass is 494 g/mol. The Kier molecular flexibility index (Phi) is 6.41. The zero-order chi connectivity index (χ0) is 23.7. The smallest absolute Gasteiger partial charge is 0.267 e. The van der Waals surface area contributed by atoms with Gasteiger partial charge >= 0.3 is 0 Å². The van der Waals surface area contributed by atoms with Crippen LogP contribution in [0.5, 0.6) is 0 Å². The van der Waals surface area contributed by atoms with E-state index in [2.05, 4.69) is 44.1 Å². The molecule has 0 saturated carbocycles. The van der Waals surface area contributed by atoms with Crippen LogP contribution in [0.3, 0.4) is 0 Å². The van der Waals surface area contributed by atoms with Gasteiger partial charge < -0.3 is 15.1 Å². The lowest BCUT2D eigenvalue weighted by Gasteiger charge is -2.35. The number of anilines is 3. The molecule has 34 heavy (non-hydrogen) atoms. The molecule has 1 aliphatic rings. The van der Waals surface area contributed by atoms with Crippen LogP contribution in [0.1, 0.15) is 6.92 Å². The number of pyridine rings is 1. The first-order chi connectivity index (χ1) is 16.5. The number of benzene rings is 2. The first kappa shape index (κ1) is 22.7. The van der Waals surface area contributed by atoms with Gasteiger partial charge in [0, 0.05) is 49.8 Å². The maximum atomic E-state index is 13.1. The van der Waals surface area contributed by atoms with Gasteiger partial charge in [0.2, 0.25) is 0 Å². The molecule has 1 fully saturated rings. The quantitative estimate of drug-likeness (QED) is 0.422. The number of hydrogen-bond donors (Lipinski definition) is 1. The first-order valence-corrected chi connectivity index (χ1v) is 12.0. The summed E-state index contributed by atoms with van der Waals surface area (Å²) < 4.78 is 1.35. The van der Waals surface area contributed by atoms with Gasteiger partial charge in [-0.1, -0.05) is 36.2 Å². The lowest BCUT2D eigenvalue weighted by atomic mass is 10.2. The van der Waals surface area contributed by atoms with Crippen molar-refractivity contribution in [2.24, 2.45) is 0 Å². The number of fused-ring (bicyclic) bond motifs is 1. The van der Waals surface area contributed by atoms with E-state index in [1.54, 1.807) is 24.3 Å². The zero-order valence-electron chi connectivity index (χ0n) is 18.7. The van der Waals surface area contributed by atoms with E-state index < -0.39 is 0 Å². The van der Waals surface area contributed by atoms with Gasteiger partial charge in [0.1, 0.15) is 12.1 Å². The van der Waals surface area contributed by atoms with Gasteiger partial charge in [-0.2, -0.15) is 0 Å². The summed E-state index contributed by atoms with van der Waals surface area (Å²) in [5, 5.41) is 4.42. The van der Waals surface area contributed by atoms with Crippen LogP contribution in [0.2, 0.25) is 10.0 Å². The van der Waals surface area contributed by atoms with Crippen molar-refractivity contribution in [1.82, 2.24) is 19.4 Å². The Morgan fingerprint density at radius 1 is 0.971 bits per heavy atom. The Balaban J connectivity index is 1.36. The van der Waals surface area contributed by atoms with Crippen molar-refractivity contribution in [2.45, 2.75) is 6.92 Å². The van der Waals surface area contributed by atoms with Crippen LogP contribution in [0, 0.1) is 0 Å². The second-order valence-electron chi connectivity index (χ2n) is 8.17. The van der Waals surface area contributed by atoms with E-state index >= 15 is 0 Å². The van der Waals surface area contributed by atoms with Crippen molar-refractivity contribution in [2.75, 3.05) is 42.9 Å². The molecule has 0 radical (unpaired) electrons. The third kappa shape index (κ3) is 4.46. The van der Waals surface area contributed by atoms with Crippen LogP contribution in [0.25, 0.3) is 16.6 Å². The van der Waals surface area contributed by atoms with Crippen LogP contribution in [-0.2, 0) is 0 Å². The Labute approximate surface area is 207 Å². The van der Waals surface area contributed by atoms with Crippen molar-refractivity contribution in [3.8, 4) is 5.69 Å². The van der Waals surface area contributed by atoms with Gasteiger partial charge in [-0.25, -0.2) is 9.97 Å². The van der Waals surface area contributed by atoms with E-state index in [-0.39, 0.29) is 5.56 Å². The van der Waals surface area contributed by atoms with Gasteiger partial charge in [-0.3, -0.25) is 9.36 Å². The fraction of sp³-hybridized carbons (Fsp3) is 0.240. The molecule has 0 atom stereocenters. The normalized spacial score (nSPS) is 14.5. The fourth-order valence-electron chi connectivity index (χ4n) is 4.19. The molecular formula is C25H24Cl2N6O. The van der Waals surface area contributed by atoms with E-state index in [0.29, 0.717) is 32.5 Å². The Hall–Kier alpha value is -3.13. The highest BCUT2D eigenvalue weighted by atomic mass is 35.5. The number of halogens is 2. The number of piperazine rings is 1. The van der Waals surface area contributed by atoms with Crippen molar-refractivity contribution in [3.05, 3.63) is 81.5 Å². The molecule has 0 aliphatic carbocycles. The number of likely N-dealkylation sites (N-methyl/N-ethyl adjacent to an activating group) is 1. The summed E-state index contributed by atoms with van der Waals surface area (Å²) in [5.41, 5.74) is 2.79. The van der Waals surface area contributed by atoms with E-state index in [1.807, 2.05) is 12.1 Å². The van der Waals surface area contributed by atoms with Crippen molar-refractivity contribution >= 4 is 51.3 Å². The molecule has 9 heteroatoms. The molecule has 0 unspecified atom stereocenters. The number of nitrogens with one attached hydrogen (secondary N) is 1. The van der Waals surface area contributed by atoms with Gasteiger partial charge in [-0.05, 0) is 42.9 Å². The minimum Gasteiger partial charge on any atom is -0.369 e. The highest BCUT2D eigenvalue weighted by molar-refractivity contribution is 6.37. The molecule has 0 bridgehead atoms. The SMILES string of the molecule is CCN1CCN(c2ccc(Nc3cc4ncn(-c5c(Cl)cccc5Cl)c(=O)c4cn3)cc2)CC1. The summed E-state index contributed by atoms with van der Waals surface area (Å²) in [5.74, 6) is 0.609. The van der Waals surface area contributed by atoms with Gasteiger partial charge in [0.05, 0.1) is 26.6 Å². The molecule has 2 aromatic carbocycles. The van der Waals surface area contributed by atoms with Gasteiger partial charge in [0.25, 0.3) is 5.56 Å². The molecule has 5 rings (SSSR count). The summed E-state index contributed by atoms with van der Waals surface area (Å²) in [6, 6.07) is 15.2. The third-order valence-corrected chi connectivity index (χ3v) is 6.76. The predicted molar refractivity (Wildman–Crippen MR) is 139 cm³/mol. The summed E-state index contributed by atoms with van der Waals surface area (Å²) in [7, 11) is 0. The standard InChI is InChI=1S/C25H24Cl2N6O/c1-2-31-10-12-32(13-11-31)18-8-6-17(7-9-18)30-23-14-22-19(15-28-23)25(34)33(16-29-22)24-20(26)4-3-5-21(24)27/h3-9,14-16H,2,10-13H2,1H3,(H,28,30). The topological polar surface area (TPSA) is 66.3 Å². The molecule has 7 nitrogen and oxygen atoms in total. The molecule has 0 spiro atoms. The van der Waals surface area contributed by atoms with Gasteiger partial charge in [-0.15, -0.1) is 0 Å². The average molecular weight is 495 g/mol. The van der Waals surface area contributed by atoms with E-state index in [9.17, 15) is 4.79 Å². The van der Waals surface area contributed by atoms with Crippen LogP contribution in [0.15, 0.2) is 65.8 Å². The average Bonchev–Trinajstić information content (AvgIpc) is 2.86.